The fourth-order valence-electron chi connectivity index (χ4n) is 1.08. The molecule has 2 heterocycles. The quantitative estimate of drug-likeness (QED) is 0.847. The van der Waals surface area contributed by atoms with Gasteiger partial charge in [-0.05, 0) is 28.1 Å². The highest BCUT2D eigenvalue weighted by Crippen LogP contribution is 2.25. The Labute approximate surface area is 126 Å². The highest BCUT2D eigenvalue weighted by Gasteiger charge is 2.10. The normalized spacial score (nSPS) is 11.4. The maximum absolute atomic E-state index is 11.5. The molecule has 19 heavy (non-hydrogen) atoms. The minimum atomic E-state index is -0.0840. The summed E-state index contributed by atoms with van der Waals surface area (Å²) >= 11 is 6.22. The second-order valence-corrected chi connectivity index (χ2v) is 7.38. The van der Waals surface area contributed by atoms with Crippen LogP contribution in [0.1, 0.15) is 18.7 Å². The third kappa shape index (κ3) is 4.19. The van der Waals surface area contributed by atoms with Crippen molar-refractivity contribution in [1.29, 1.82) is 0 Å². The maximum Gasteiger partial charge on any atom is 0.233 e. The Morgan fingerprint density at radius 2 is 2.21 bits per heavy atom. The molecule has 2 aromatic heterocycles. The topological polar surface area (TPSA) is 67.2 Å². The molecule has 0 bridgehead atoms. The smallest absolute Gasteiger partial charge is 0.233 e. The molecule has 0 aromatic carbocycles. The Bertz CT molecular complexity index is 605. The second kappa shape index (κ2) is 6.36. The van der Waals surface area contributed by atoms with E-state index < -0.39 is 0 Å². The highest BCUT2D eigenvalue weighted by molar-refractivity contribution is 9.11. The number of amides is 1. The van der Waals surface area contributed by atoms with Crippen molar-refractivity contribution in [2.75, 3.05) is 5.32 Å². The zero-order chi connectivity index (χ0) is 13.8. The molecule has 8 heteroatoms. The van der Waals surface area contributed by atoms with E-state index in [0.717, 1.165) is 8.66 Å². The number of halogens is 1. The van der Waals surface area contributed by atoms with Gasteiger partial charge in [-0.25, -0.2) is 4.99 Å². The summed E-state index contributed by atoms with van der Waals surface area (Å²) in [4.78, 5) is 16.7. The van der Waals surface area contributed by atoms with Crippen molar-refractivity contribution in [3.63, 3.8) is 0 Å². The molecule has 2 aromatic rings. The Kier molecular flexibility index (Phi) is 4.78. The number of hydrogen-bond donors (Lipinski definition) is 1. The van der Waals surface area contributed by atoms with Crippen molar-refractivity contribution < 1.29 is 4.79 Å². The van der Waals surface area contributed by atoms with Gasteiger partial charge in [0.2, 0.25) is 16.2 Å². The number of carbonyl (C=O) groups is 1. The number of nitrogens with zero attached hydrogens (tertiary/aromatic N) is 3. The zero-order valence-electron chi connectivity index (χ0n) is 10.3. The van der Waals surface area contributed by atoms with Crippen LogP contribution in [0, 0.1) is 5.92 Å². The van der Waals surface area contributed by atoms with E-state index in [1.54, 1.807) is 17.6 Å². The SMILES string of the molecule is CC(C)C(=O)Nc1nnc(N=Cc2ccc(Br)s2)s1. The van der Waals surface area contributed by atoms with Gasteiger partial charge < -0.3 is 5.32 Å². The van der Waals surface area contributed by atoms with Crippen molar-refractivity contribution in [1.82, 2.24) is 10.2 Å². The number of hydrogen-bond acceptors (Lipinski definition) is 6. The average molecular weight is 359 g/mol. The number of nitrogens with one attached hydrogen (secondary N) is 1. The molecule has 0 aliphatic rings. The van der Waals surface area contributed by atoms with E-state index in [9.17, 15) is 4.79 Å². The standard InChI is InChI=1S/C11H11BrN4OS2/c1-6(2)9(17)14-11-16-15-10(19-11)13-5-7-3-4-8(12)18-7/h3-6H,1-2H3,(H,14,16,17). The summed E-state index contributed by atoms with van der Waals surface area (Å²) in [5, 5.41) is 11.5. The number of aliphatic imine (C=N–C) groups is 1. The Balaban J connectivity index is 2.01. The van der Waals surface area contributed by atoms with Crippen LogP contribution in [-0.4, -0.2) is 22.3 Å². The predicted molar refractivity (Wildman–Crippen MR) is 82.6 cm³/mol. The van der Waals surface area contributed by atoms with E-state index in [1.807, 2.05) is 26.0 Å². The summed E-state index contributed by atoms with van der Waals surface area (Å²) in [6.45, 7) is 3.65. The molecule has 1 N–H and O–H groups in total. The summed E-state index contributed by atoms with van der Waals surface area (Å²) in [5.74, 6) is -0.159. The molecule has 1 amide bonds. The Hall–Kier alpha value is -1.12. The van der Waals surface area contributed by atoms with Crippen LogP contribution < -0.4 is 5.32 Å². The summed E-state index contributed by atoms with van der Waals surface area (Å²) in [5.41, 5.74) is 0. The van der Waals surface area contributed by atoms with Gasteiger partial charge in [0, 0.05) is 17.0 Å². The number of anilines is 1. The minimum absolute atomic E-state index is 0.0751. The van der Waals surface area contributed by atoms with Gasteiger partial charge in [0.25, 0.3) is 0 Å². The molecule has 0 radical (unpaired) electrons. The summed E-state index contributed by atoms with van der Waals surface area (Å²) < 4.78 is 1.05. The van der Waals surface area contributed by atoms with Crippen LogP contribution in [-0.2, 0) is 4.79 Å². The van der Waals surface area contributed by atoms with Crippen LogP contribution in [0.3, 0.4) is 0 Å². The van der Waals surface area contributed by atoms with Gasteiger partial charge in [0.15, 0.2) is 0 Å². The van der Waals surface area contributed by atoms with Crippen LogP contribution in [0.15, 0.2) is 20.9 Å². The molecule has 0 spiro atoms. The van der Waals surface area contributed by atoms with Gasteiger partial charge in [-0.2, -0.15) is 0 Å². The van der Waals surface area contributed by atoms with Crippen LogP contribution in [0.4, 0.5) is 10.3 Å². The molecular weight excluding hydrogens is 348 g/mol. The van der Waals surface area contributed by atoms with Crippen molar-refractivity contribution in [2.45, 2.75) is 13.8 Å². The lowest BCUT2D eigenvalue weighted by atomic mass is 10.2. The summed E-state index contributed by atoms with van der Waals surface area (Å²) in [6.07, 6.45) is 1.73. The van der Waals surface area contributed by atoms with Gasteiger partial charge in [0.05, 0.1) is 3.79 Å². The third-order valence-corrected chi connectivity index (χ3v) is 4.37. The zero-order valence-corrected chi connectivity index (χ0v) is 13.5. The molecule has 0 saturated carbocycles. The van der Waals surface area contributed by atoms with Gasteiger partial charge in [0.1, 0.15) is 0 Å². The van der Waals surface area contributed by atoms with Crippen molar-refractivity contribution in [3.8, 4) is 0 Å². The summed E-state index contributed by atoms with van der Waals surface area (Å²) in [7, 11) is 0. The lowest BCUT2D eigenvalue weighted by molar-refractivity contribution is -0.118. The lowest BCUT2D eigenvalue weighted by Gasteiger charge is -2.01. The fraction of sp³-hybridized carbons (Fsp3) is 0.273. The molecule has 0 atom stereocenters. The van der Waals surface area contributed by atoms with Crippen LogP contribution in [0.2, 0.25) is 0 Å². The van der Waals surface area contributed by atoms with Crippen LogP contribution in [0.5, 0.6) is 0 Å². The van der Waals surface area contributed by atoms with Gasteiger partial charge >= 0.3 is 0 Å². The van der Waals surface area contributed by atoms with E-state index in [1.165, 1.54) is 11.3 Å². The van der Waals surface area contributed by atoms with E-state index in [0.29, 0.717) is 10.3 Å². The van der Waals surface area contributed by atoms with Gasteiger partial charge in [-0.3, -0.25) is 4.79 Å². The number of rotatable bonds is 4. The Morgan fingerprint density at radius 1 is 1.42 bits per heavy atom. The minimum Gasteiger partial charge on any atom is -0.300 e. The maximum atomic E-state index is 11.5. The van der Waals surface area contributed by atoms with E-state index >= 15 is 0 Å². The first-order valence-corrected chi connectivity index (χ1v) is 7.91. The van der Waals surface area contributed by atoms with Crippen molar-refractivity contribution in [3.05, 3.63) is 20.8 Å². The van der Waals surface area contributed by atoms with E-state index in [2.05, 4.69) is 36.4 Å². The largest absolute Gasteiger partial charge is 0.300 e. The average Bonchev–Trinajstić information content (AvgIpc) is 2.95. The first-order chi connectivity index (χ1) is 9.04. The third-order valence-electron chi connectivity index (χ3n) is 2.07. The molecule has 2 rings (SSSR count). The molecule has 0 saturated heterocycles. The van der Waals surface area contributed by atoms with Crippen molar-refractivity contribution >= 4 is 61.0 Å². The first kappa shape index (κ1) is 14.3. The second-order valence-electron chi connectivity index (χ2n) is 3.93. The molecule has 0 aliphatic heterocycles. The van der Waals surface area contributed by atoms with Gasteiger partial charge in [-0.1, -0.05) is 25.2 Å². The van der Waals surface area contributed by atoms with E-state index in [4.69, 9.17) is 0 Å². The molecular formula is C11H11BrN4OS2. The summed E-state index contributed by atoms with van der Waals surface area (Å²) in [6, 6.07) is 3.92. The van der Waals surface area contributed by atoms with Crippen molar-refractivity contribution in [2.24, 2.45) is 10.9 Å². The molecule has 0 fully saturated rings. The number of carbonyl (C=O) groups excluding carboxylic acids is 1. The van der Waals surface area contributed by atoms with E-state index in [-0.39, 0.29) is 11.8 Å². The predicted octanol–water partition coefficient (Wildman–Crippen LogP) is 3.71. The lowest BCUT2D eigenvalue weighted by Crippen LogP contribution is -2.17. The highest BCUT2D eigenvalue weighted by atomic mass is 79.9. The fourth-order valence-corrected chi connectivity index (χ4v) is 2.97. The monoisotopic (exact) mass is 358 g/mol. The number of thiophene rings is 1. The molecule has 100 valence electrons. The molecule has 5 nitrogen and oxygen atoms in total. The molecule has 0 aliphatic carbocycles. The van der Waals surface area contributed by atoms with Crippen LogP contribution in [0.25, 0.3) is 0 Å². The first-order valence-electron chi connectivity index (χ1n) is 5.48. The van der Waals surface area contributed by atoms with Gasteiger partial charge in [-0.15, -0.1) is 21.5 Å². The molecule has 0 unspecified atom stereocenters. The Morgan fingerprint density at radius 3 is 2.84 bits per heavy atom. The number of aromatic nitrogens is 2. The van der Waals surface area contributed by atoms with Crippen LogP contribution >= 0.6 is 38.6 Å².